The summed E-state index contributed by atoms with van der Waals surface area (Å²) >= 11 is 0. The van der Waals surface area contributed by atoms with Gasteiger partial charge in [-0.05, 0) is 29.2 Å². The second-order valence-electron chi connectivity index (χ2n) is 6.76. The van der Waals surface area contributed by atoms with Gasteiger partial charge in [0.25, 0.3) is 0 Å². The van der Waals surface area contributed by atoms with Gasteiger partial charge in [0.2, 0.25) is 11.8 Å². The first-order valence-electron chi connectivity index (χ1n) is 9.00. The van der Waals surface area contributed by atoms with E-state index in [9.17, 15) is 14.4 Å². The minimum Gasteiger partial charge on any atom is -0.445 e. The molecule has 7 nitrogen and oxygen atoms in total. The molecule has 0 saturated heterocycles. The van der Waals surface area contributed by atoms with E-state index >= 15 is 0 Å². The number of amides is 3. The molecule has 0 fully saturated rings. The third-order valence-corrected chi connectivity index (χ3v) is 4.04. The van der Waals surface area contributed by atoms with Gasteiger partial charge in [0.15, 0.2) is 0 Å². The predicted octanol–water partition coefficient (Wildman–Crippen LogP) is 2.60. The highest BCUT2D eigenvalue weighted by molar-refractivity contribution is 5.96. The molecule has 148 valence electrons. The van der Waals surface area contributed by atoms with Gasteiger partial charge in [-0.1, -0.05) is 56.3 Å². The molecule has 0 saturated carbocycles. The molecule has 2 rings (SSSR count). The summed E-state index contributed by atoms with van der Waals surface area (Å²) in [5, 5.41) is 5.37. The molecule has 0 aromatic heterocycles. The summed E-state index contributed by atoms with van der Waals surface area (Å²) in [7, 11) is 0. The van der Waals surface area contributed by atoms with Crippen molar-refractivity contribution in [2.24, 2.45) is 11.7 Å². The van der Waals surface area contributed by atoms with Crippen LogP contribution in [0.25, 0.3) is 0 Å². The lowest BCUT2D eigenvalue weighted by molar-refractivity contribution is -0.119. The highest BCUT2D eigenvalue weighted by atomic mass is 16.5. The fourth-order valence-corrected chi connectivity index (χ4v) is 2.55. The van der Waals surface area contributed by atoms with Crippen LogP contribution in [-0.4, -0.2) is 23.9 Å². The van der Waals surface area contributed by atoms with Crippen LogP contribution in [0.4, 0.5) is 10.5 Å². The van der Waals surface area contributed by atoms with Crippen LogP contribution in [0.15, 0.2) is 54.6 Å². The number of rotatable bonds is 8. The van der Waals surface area contributed by atoms with Crippen molar-refractivity contribution in [3.05, 3.63) is 65.7 Å². The second kappa shape index (κ2) is 10.1. The normalized spacial score (nSPS) is 11.5. The lowest BCUT2D eigenvalue weighted by Crippen LogP contribution is -2.47. The molecule has 0 radical (unpaired) electrons. The van der Waals surface area contributed by atoms with Crippen LogP contribution in [0.1, 0.15) is 25.0 Å². The average molecular weight is 383 g/mol. The third kappa shape index (κ3) is 6.75. The van der Waals surface area contributed by atoms with Crippen molar-refractivity contribution in [2.45, 2.75) is 32.9 Å². The van der Waals surface area contributed by atoms with Crippen molar-refractivity contribution >= 4 is 23.6 Å². The van der Waals surface area contributed by atoms with Gasteiger partial charge in [-0.15, -0.1) is 0 Å². The number of ether oxygens (including phenoxy) is 1. The monoisotopic (exact) mass is 383 g/mol. The van der Waals surface area contributed by atoms with Gasteiger partial charge in [0, 0.05) is 5.69 Å². The number of carbonyl (C=O) groups excluding carboxylic acids is 3. The Bertz CT molecular complexity index is 804. The molecule has 0 heterocycles. The van der Waals surface area contributed by atoms with Gasteiger partial charge in [-0.2, -0.15) is 0 Å². The smallest absolute Gasteiger partial charge is 0.408 e. The second-order valence-corrected chi connectivity index (χ2v) is 6.76. The number of nitrogens with one attached hydrogen (secondary N) is 2. The van der Waals surface area contributed by atoms with Crippen LogP contribution in [0.3, 0.4) is 0 Å². The summed E-state index contributed by atoms with van der Waals surface area (Å²) in [5.74, 6) is -0.914. The molecular weight excluding hydrogens is 358 g/mol. The highest BCUT2D eigenvalue weighted by Crippen LogP contribution is 2.12. The highest BCUT2D eigenvalue weighted by Gasteiger charge is 2.25. The molecule has 4 N–H and O–H groups in total. The molecule has 0 aliphatic rings. The van der Waals surface area contributed by atoms with Crippen LogP contribution in [-0.2, 0) is 27.4 Å². The summed E-state index contributed by atoms with van der Waals surface area (Å²) in [6.07, 6.45) is -0.521. The largest absolute Gasteiger partial charge is 0.445 e. The first-order chi connectivity index (χ1) is 13.3. The van der Waals surface area contributed by atoms with Gasteiger partial charge in [-0.25, -0.2) is 4.79 Å². The molecule has 2 aromatic rings. The summed E-state index contributed by atoms with van der Waals surface area (Å²) in [6, 6.07) is 15.3. The summed E-state index contributed by atoms with van der Waals surface area (Å²) in [4.78, 5) is 35.6. The quantitative estimate of drug-likeness (QED) is 0.651. The number of carbonyl (C=O) groups is 3. The van der Waals surface area contributed by atoms with Gasteiger partial charge in [0.1, 0.15) is 12.6 Å². The molecule has 1 atom stereocenters. The molecule has 7 heteroatoms. The first kappa shape index (κ1) is 21.0. The van der Waals surface area contributed by atoms with Gasteiger partial charge >= 0.3 is 6.09 Å². The van der Waals surface area contributed by atoms with E-state index in [2.05, 4.69) is 10.6 Å². The fraction of sp³-hybridized carbons (Fsp3) is 0.286. The Labute approximate surface area is 164 Å². The Hall–Kier alpha value is -3.35. The van der Waals surface area contributed by atoms with Crippen LogP contribution < -0.4 is 16.4 Å². The average Bonchev–Trinajstić information content (AvgIpc) is 2.66. The van der Waals surface area contributed by atoms with Crippen molar-refractivity contribution < 1.29 is 19.1 Å². The van der Waals surface area contributed by atoms with Crippen molar-refractivity contribution in [1.82, 2.24) is 5.32 Å². The van der Waals surface area contributed by atoms with Crippen LogP contribution in [0, 0.1) is 5.92 Å². The topological polar surface area (TPSA) is 111 Å². The van der Waals surface area contributed by atoms with Crippen LogP contribution in [0.5, 0.6) is 0 Å². The molecule has 0 spiro atoms. The minimum absolute atomic E-state index is 0.125. The van der Waals surface area contributed by atoms with E-state index in [0.717, 1.165) is 11.1 Å². The van der Waals surface area contributed by atoms with Crippen molar-refractivity contribution in [2.75, 3.05) is 5.32 Å². The van der Waals surface area contributed by atoms with E-state index in [1.807, 2.05) is 44.2 Å². The molecule has 0 aliphatic heterocycles. The van der Waals surface area contributed by atoms with E-state index in [1.54, 1.807) is 24.3 Å². The Morgan fingerprint density at radius 1 is 0.964 bits per heavy atom. The molecular formula is C21H25N3O4. The molecule has 2 aromatic carbocycles. The summed E-state index contributed by atoms with van der Waals surface area (Å²) in [6.45, 7) is 3.79. The predicted molar refractivity (Wildman–Crippen MR) is 106 cm³/mol. The molecule has 0 unspecified atom stereocenters. The van der Waals surface area contributed by atoms with Crippen molar-refractivity contribution in [3.63, 3.8) is 0 Å². The summed E-state index contributed by atoms with van der Waals surface area (Å²) in [5.41, 5.74) is 7.34. The number of anilines is 1. The number of hydrogen-bond donors (Lipinski definition) is 3. The number of hydrogen-bond acceptors (Lipinski definition) is 4. The molecule has 0 bridgehead atoms. The van der Waals surface area contributed by atoms with Crippen LogP contribution >= 0.6 is 0 Å². The Morgan fingerprint density at radius 3 is 2.18 bits per heavy atom. The Balaban J connectivity index is 1.91. The van der Waals surface area contributed by atoms with Gasteiger partial charge in [-0.3, -0.25) is 9.59 Å². The van der Waals surface area contributed by atoms with Crippen LogP contribution in [0.2, 0.25) is 0 Å². The SMILES string of the molecule is CC(C)[C@H](NC(=O)OCc1ccccc1)C(=O)Nc1ccc(CC(N)=O)cc1. The maximum absolute atomic E-state index is 12.6. The summed E-state index contributed by atoms with van der Waals surface area (Å²) < 4.78 is 5.19. The zero-order valence-electron chi connectivity index (χ0n) is 16.0. The zero-order chi connectivity index (χ0) is 20.5. The molecule has 28 heavy (non-hydrogen) atoms. The van der Waals surface area contributed by atoms with Crippen molar-refractivity contribution in [3.8, 4) is 0 Å². The number of nitrogens with two attached hydrogens (primary N) is 1. The third-order valence-electron chi connectivity index (χ3n) is 4.04. The van der Waals surface area contributed by atoms with E-state index < -0.39 is 18.0 Å². The maximum atomic E-state index is 12.6. The maximum Gasteiger partial charge on any atom is 0.408 e. The fourth-order valence-electron chi connectivity index (χ4n) is 2.55. The lowest BCUT2D eigenvalue weighted by atomic mass is 10.0. The number of benzene rings is 2. The Kier molecular flexibility index (Phi) is 7.56. The standard InChI is InChI=1S/C21H25N3O4/c1-14(2)19(24-21(27)28-13-16-6-4-3-5-7-16)20(26)23-17-10-8-15(9-11-17)12-18(22)25/h3-11,14,19H,12-13H2,1-2H3,(H2,22,25)(H,23,26)(H,24,27)/t19-/m0/s1. The first-order valence-corrected chi connectivity index (χ1v) is 9.00. The van der Waals surface area contributed by atoms with E-state index in [1.165, 1.54) is 0 Å². The van der Waals surface area contributed by atoms with Gasteiger partial charge < -0.3 is 21.1 Å². The van der Waals surface area contributed by atoms with Gasteiger partial charge in [0.05, 0.1) is 6.42 Å². The number of alkyl carbamates (subject to hydrolysis) is 1. The van der Waals surface area contributed by atoms with E-state index in [0.29, 0.717) is 5.69 Å². The lowest BCUT2D eigenvalue weighted by Gasteiger charge is -2.21. The van der Waals surface area contributed by atoms with Crippen molar-refractivity contribution in [1.29, 1.82) is 0 Å². The zero-order valence-corrected chi connectivity index (χ0v) is 16.0. The molecule has 0 aliphatic carbocycles. The van der Waals surface area contributed by atoms with E-state index in [4.69, 9.17) is 10.5 Å². The molecule has 3 amide bonds. The number of primary amides is 1. The van der Waals surface area contributed by atoms with E-state index in [-0.39, 0.29) is 24.9 Å². The Morgan fingerprint density at radius 2 is 1.61 bits per heavy atom. The minimum atomic E-state index is -0.756.